The van der Waals surface area contributed by atoms with E-state index in [0.717, 1.165) is 11.8 Å². The predicted octanol–water partition coefficient (Wildman–Crippen LogP) is 8.05. The summed E-state index contributed by atoms with van der Waals surface area (Å²) in [5.41, 5.74) is 8.45. The molecule has 0 radical (unpaired) electrons. The molecule has 4 aliphatic carbocycles. The summed E-state index contributed by atoms with van der Waals surface area (Å²) in [6, 6.07) is 14.0. The summed E-state index contributed by atoms with van der Waals surface area (Å²) in [6.07, 6.45) is 15.9. The summed E-state index contributed by atoms with van der Waals surface area (Å²) in [7, 11) is 0. The van der Waals surface area contributed by atoms with Crippen LogP contribution in [0.3, 0.4) is 0 Å². The molecule has 0 nitrogen and oxygen atoms in total. The molecule has 0 atom stereocenters. The second-order valence-electron chi connectivity index (χ2n) is 10.1. The zero-order chi connectivity index (χ0) is 20.9. The second kappa shape index (κ2) is 6.98. The molecule has 0 heterocycles. The second-order valence-corrected chi connectivity index (χ2v) is 10.1. The standard InChI is InChI=1S/C30H32/c1-5-21-9-22(6-2)13-27(12-21)29-16-25-11-26(17-29)19-30(18-25,20-29)28-14-23(7-3)10-24(8-4)15-28/h5-10,12-15,25-26H,1-4,11,16-20H2. The first-order valence-electron chi connectivity index (χ1n) is 11.3. The molecule has 152 valence electrons. The van der Waals surface area contributed by atoms with Crippen molar-refractivity contribution in [3.05, 3.63) is 96.1 Å². The third kappa shape index (κ3) is 2.97. The van der Waals surface area contributed by atoms with Crippen LogP contribution in [0.2, 0.25) is 0 Å². The Morgan fingerprint density at radius 1 is 0.567 bits per heavy atom. The molecule has 0 spiro atoms. The number of hydrogen-bond acceptors (Lipinski definition) is 0. The molecule has 4 aliphatic rings. The minimum atomic E-state index is 0.277. The van der Waals surface area contributed by atoms with Gasteiger partial charge in [-0.25, -0.2) is 0 Å². The normalized spacial score (nSPS) is 31.3. The van der Waals surface area contributed by atoms with E-state index in [0.29, 0.717) is 0 Å². The van der Waals surface area contributed by atoms with Gasteiger partial charge >= 0.3 is 0 Å². The fourth-order valence-corrected chi connectivity index (χ4v) is 7.37. The topological polar surface area (TPSA) is 0 Å². The van der Waals surface area contributed by atoms with Crippen LogP contribution in [-0.2, 0) is 10.8 Å². The summed E-state index contributed by atoms with van der Waals surface area (Å²) >= 11 is 0. The molecule has 6 rings (SSSR count). The van der Waals surface area contributed by atoms with Crippen LogP contribution < -0.4 is 0 Å². The maximum atomic E-state index is 4.04. The molecule has 0 N–H and O–H groups in total. The Kier molecular flexibility index (Phi) is 4.51. The van der Waals surface area contributed by atoms with Crippen molar-refractivity contribution in [2.24, 2.45) is 11.8 Å². The van der Waals surface area contributed by atoms with Crippen LogP contribution in [0, 0.1) is 11.8 Å². The van der Waals surface area contributed by atoms with Crippen LogP contribution in [0.5, 0.6) is 0 Å². The highest BCUT2D eigenvalue weighted by Crippen LogP contribution is 2.66. The van der Waals surface area contributed by atoms with Crippen molar-refractivity contribution < 1.29 is 0 Å². The Labute approximate surface area is 181 Å². The molecule has 0 aliphatic heterocycles. The molecule has 4 bridgehead atoms. The van der Waals surface area contributed by atoms with Crippen molar-refractivity contribution in [3.8, 4) is 0 Å². The highest BCUT2D eigenvalue weighted by atomic mass is 14.6. The third-order valence-electron chi connectivity index (χ3n) is 8.18. The maximum absolute atomic E-state index is 4.04. The van der Waals surface area contributed by atoms with Crippen LogP contribution in [0.1, 0.15) is 71.9 Å². The summed E-state index contributed by atoms with van der Waals surface area (Å²) in [4.78, 5) is 0. The predicted molar refractivity (Wildman–Crippen MR) is 131 cm³/mol. The molecule has 4 saturated carbocycles. The summed E-state index contributed by atoms with van der Waals surface area (Å²) in [5.74, 6) is 1.65. The van der Waals surface area contributed by atoms with E-state index < -0.39 is 0 Å². The lowest BCUT2D eigenvalue weighted by Gasteiger charge is -2.63. The molecule has 0 unspecified atom stereocenters. The van der Waals surface area contributed by atoms with Gasteiger partial charge in [0, 0.05) is 0 Å². The highest BCUT2D eigenvalue weighted by Gasteiger charge is 2.58. The van der Waals surface area contributed by atoms with Crippen molar-refractivity contribution in [1.29, 1.82) is 0 Å². The van der Waals surface area contributed by atoms with Crippen LogP contribution in [0.15, 0.2) is 62.7 Å². The highest BCUT2D eigenvalue weighted by molar-refractivity contribution is 5.61. The Morgan fingerprint density at radius 2 is 0.900 bits per heavy atom. The minimum Gasteiger partial charge on any atom is -0.0985 e. The van der Waals surface area contributed by atoms with E-state index in [1.54, 1.807) is 0 Å². The zero-order valence-electron chi connectivity index (χ0n) is 18.0. The Hall–Kier alpha value is -2.60. The number of benzene rings is 2. The molecule has 2 aromatic carbocycles. The maximum Gasteiger partial charge on any atom is -0.00328 e. The van der Waals surface area contributed by atoms with Gasteiger partial charge in [-0.3, -0.25) is 0 Å². The SMILES string of the molecule is C=Cc1cc(C=C)cc(C23CC4CC(C2)CC(c2cc(C=C)cc(C=C)c2)(C4)C3)c1. The fraction of sp³-hybridized carbons (Fsp3) is 0.333. The summed E-state index contributed by atoms with van der Waals surface area (Å²) in [6.45, 7) is 16.2. The van der Waals surface area contributed by atoms with Gasteiger partial charge in [-0.05, 0) is 107 Å². The molecule has 30 heavy (non-hydrogen) atoms. The third-order valence-corrected chi connectivity index (χ3v) is 8.18. The Morgan fingerprint density at radius 3 is 1.20 bits per heavy atom. The van der Waals surface area contributed by atoms with E-state index in [2.05, 4.69) is 62.7 Å². The van der Waals surface area contributed by atoms with Crippen molar-refractivity contribution in [1.82, 2.24) is 0 Å². The van der Waals surface area contributed by atoms with Crippen LogP contribution >= 0.6 is 0 Å². The van der Waals surface area contributed by atoms with Gasteiger partial charge in [0.05, 0.1) is 0 Å². The molecule has 0 aromatic heterocycles. The van der Waals surface area contributed by atoms with E-state index in [-0.39, 0.29) is 10.8 Å². The van der Waals surface area contributed by atoms with Crippen LogP contribution in [-0.4, -0.2) is 0 Å². The molecule has 2 aromatic rings. The summed E-state index contributed by atoms with van der Waals surface area (Å²) in [5, 5.41) is 0. The number of rotatable bonds is 6. The van der Waals surface area contributed by atoms with Gasteiger partial charge in [0.25, 0.3) is 0 Å². The Bertz CT molecular complexity index is 902. The van der Waals surface area contributed by atoms with Gasteiger partial charge in [-0.15, -0.1) is 0 Å². The van der Waals surface area contributed by atoms with Gasteiger partial charge in [-0.2, -0.15) is 0 Å². The average Bonchev–Trinajstić information content (AvgIpc) is 2.77. The molecule has 0 amide bonds. The van der Waals surface area contributed by atoms with Crippen LogP contribution in [0.25, 0.3) is 24.3 Å². The molecular weight excluding hydrogens is 360 g/mol. The van der Waals surface area contributed by atoms with Crippen LogP contribution in [0.4, 0.5) is 0 Å². The zero-order valence-corrected chi connectivity index (χ0v) is 18.0. The molecule has 0 saturated heterocycles. The van der Waals surface area contributed by atoms with Crippen molar-refractivity contribution in [3.63, 3.8) is 0 Å². The lowest BCUT2D eigenvalue weighted by molar-refractivity contribution is -0.0281. The lowest BCUT2D eigenvalue weighted by atomic mass is 9.41. The van der Waals surface area contributed by atoms with E-state index >= 15 is 0 Å². The first-order chi connectivity index (χ1) is 14.5. The molecular formula is C30H32. The molecule has 4 fully saturated rings. The number of hydrogen-bond donors (Lipinski definition) is 0. The van der Waals surface area contributed by atoms with E-state index in [1.165, 1.54) is 71.9 Å². The van der Waals surface area contributed by atoms with Crippen molar-refractivity contribution >= 4 is 24.3 Å². The Balaban J connectivity index is 1.65. The van der Waals surface area contributed by atoms with Gasteiger partial charge in [0.1, 0.15) is 0 Å². The molecule has 0 heteroatoms. The summed E-state index contributed by atoms with van der Waals surface area (Å²) < 4.78 is 0. The quantitative estimate of drug-likeness (QED) is 0.466. The van der Waals surface area contributed by atoms with E-state index in [4.69, 9.17) is 0 Å². The van der Waals surface area contributed by atoms with Gasteiger partial charge in [0.2, 0.25) is 0 Å². The average molecular weight is 393 g/mol. The monoisotopic (exact) mass is 392 g/mol. The van der Waals surface area contributed by atoms with E-state index in [1.807, 2.05) is 24.3 Å². The smallest absolute Gasteiger partial charge is 0.00328 e. The lowest BCUT2D eigenvalue weighted by Crippen LogP contribution is -2.56. The van der Waals surface area contributed by atoms with Crippen molar-refractivity contribution in [2.75, 3.05) is 0 Å². The fourth-order valence-electron chi connectivity index (χ4n) is 7.37. The van der Waals surface area contributed by atoms with Gasteiger partial charge in [0.15, 0.2) is 0 Å². The van der Waals surface area contributed by atoms with Crippen molar-refractivity contribution in [2.45, 2.75) is 49.4 Å². The van der Waals surface area contributed by atoms with E-state index in [9.17, 15) is 0 Å². The minimum absolute atomic E-state index is 0.277. The van der Waals surface area contributed by atoms with Gasteiger partial charge < -0.3 is 0 Å². The largest absolute Gasteiger partial charge is 0.0985 e. The van der Waals surface area contributed by atoms with Gasteiger partial charge in [-0.1, -0.05) is 74.9 Å². The first kappa shape index (κ1) is 19.4. The first-order valence-corrected chi connectivity index (χ1v) is 11.3.